The second-order valence-corrected chi connectivity index (χ2v) is 9.65. The van der Waals surface area contributed by atoms with Crippen molar-refractivity contribution in [1.29, 1.82) is 0 Å². The molecule has 9 heteroatoms. The van der Waals surface area contributed by atoms with Crippen molar-refractivity contribution in [3.05, 3.63) is 98.7 Å². The maximum atomic E-state index is 12.8. The molecular formula is C27H26N4O4S. The van der Waals surface area contributed by atoms with Gasteiger partial charge in [0.25, 0.3) is 5.56 Å². The number of hydrogen-bond donors (Lipinski definition) is 2. The minimum atomic E-state index is -0.920. The first-order valence-electron chi connectivity index (χ1n) is 11.6. The summed E-state index contributed by atoms with van der Waals surface area (Å²) in [6, 6.07) is 21.8. The molecule has 0 aliphatic carbocycles. The molecule has 36 heavy (non-hydrogen) atoms. The zero-order valence-corrected chi connectivity index (χ0v) is 20.8. The molecule has 1 atom stereocenters. The molecule has 2 N–H and O–H groups in total. The Hall–Kier alpha value is -3.82. The van der Waals surface area contributed by atoms with Crippen molar-refractivity contribution in [1.82, 2.24) is 19.1 Å². The summed E-state index contributed by atoms with van der Waals surface area (Å²) in [5, 5.41) is 13.5. The van der Waals surface area contributed by atoms with Crippen LogP contribution in [0.2, 0.25) is 0 Å². The Morgan fingerprint density at radius 1 is 1.06 bits per heavy atom. The molecule has 1 unspecified atom stereocenters. The quantitative estimate of drug-likeness (QED) is 0.314. The Bertz CT molecular complexity index is 1650. The number of nitrogens with zero attached hydrogens (tertiary/aromatic N) is 3. The second-order valence-electron chi connectivity index (χ2n) is 8.71. The maximum absolute atomic E-state index is 12.8. The molecule has 2 heterocycles. The highest BCUT2D eigenvalue weighted by molar-refractivity contribution is 7.98. The zero-order valence-electron chi connectivity index (χ0n) is 20.0. The van der Waals surface area contributed by atoms with Gasteiger partial charge in [0.15, 0.2) is 16.3 Å². The van der Waals surface area contributed by atoms with E-state index in [2.05, 4.69) is 9.97 Å². The summed E-state index contributed by atoms with van der Waals surface area (Å²) in [6.45, 7) is 2.14. The van der Waals surface area contributed by atoms with E-state index < -0.39 is 17.4 Å². The molecule has 0 aliphatic rings. The van der Waals surface area contributed by atoms with Gasteiger partial charge < -0.3 is 14.4 Å². The van der Waals surface area contributed by atoms with E-state index in [1.54, 1.807) is 11.6 Å². The van der Waals surface area contributed by atoms with Gasteiger partial charge in [0.05, 0.1) is 6.54 Å². The minimum absolute atomic E-state index is 0.0272. The van der Waals surface area contributed by atoms with Gasteiger partial charge in [-0.2, -0.15) is 0 Å². The summed E-state index contributed by atoms with van der Waals surface area (Å²) in [5.74, 6) is 1.30. The lowest BCUT2D eigenvalue weighted by Crippen LogP contribution is -2.30. The van der Waals surface area contributed by atoms with Crippen LogP contribution in [0.3, 0.4) is 0 Å². The molecule has 8 nitrogen and oxygen atoms in total. The summed E-state index contributed by atoms with van der Waals surface area (Å²) in [5.41, 5.74) is 1.72. The van der Waals surface area contributed by atoms with E-state index in [1.165, 1.54) is 21.9 Å². The fourth-order valence-corrected chi connectivity index (χ4v) is 5.06. The molecule has 0 saturated heterocycles. The van der Waals surface area contributed by atoms with E-state index >= 15 is 0 Å². The largest absolute Gasteiger partial charge is 0.490 e. The summed E-state index contributed by atoms with van der Waals surface area (Å²) in [7, 11) is 1.56. The highest BCUT2D eigenvalue weighted by atomic mass is 32.2. The van der Waals surface area contributed by atoms with Gasteiger partial charge in [-0.3, -0.25) is 14.3 Å². The Kier molecular flexibility index (Phi) is 6.67. The Morgan fingerprint density at radius 3 is 2.61 bits per heavy atom. The molecule has 0 amide bonds. The lowest BCUT2D eigenvalue weighted by Gasteiger charge is -2.16. The van der Waals surface area contributed by atoms with Crippen LogP contribution in [-0.2, 0) is 19.3 Å². The van der Waals surface area contributed by atoms with Gasteiger partial charge in [-0.15, -0.1) is 0 Å². The summed E-state index contributed by atoms with van der Waals surface area (Å²) in [4.78, 5) is 31.8. The van der Waals surface area contributed by atoms with Gasteiger partial charge in [0.1, 0.15) is 18.5 Å². The molecule has 2 aromatic heterocycles. The van der Waals surface area contributed by atoms with Gasteiger partial charge >= 0.3 is 5.69 Å². The maximum Gasteiger partial charge on any atom is 0.329 e. The van der Waals surface area contributed by atoms with Crippen molar-refractivity contribution in [2.45, 2.75) is 30.5 Å². The van der Waals surface area contributed by atoms with Crippen molar-refractivity contribution in [3.63, 3.8) is 0 Å². The topological polar surface area (TPSA) is 102 Å². The van der Waals surface area contributed by atoms with Gasteiger partial charge in [-0.05, 0) is 23.9 Å². The van der Waals surface area contributed by atoms with Crippen LogP contribution >= 0.6 is 11.8 Å². The van der Waals surface area contributed by atoms with Crippen molar-refractivity contribution in [2.75, 3.05) is 6.61 Å². The molecule has 5 rings (SSSR count). The van der Waals surface area contributed by atoms with E-state index in [0.29, 0.717) is 16.7 Å². The number of imidazole rings is 1. The van der Waals surface area contributed by atoms with E-state index in [1.807, 2.05) is 73.7 Å². The third-order valence-electron chi connectivity index (χ3n) is 6.03. The first-order chi connectivity index (χ1) is 17.4. The number of aliphatic hydroxyl groups excluding tert-OH is 1. The number of rotatable bonds is 8. The van der Waals surface area contributed by atoms with Crippen LogP contribution in [0.25, 0.3) is 21.9 Å². The van der Waals surface area contributed by atoms with Crippen LogP contribution in [0, 0.1) is 6.92 Å². The number of aliphatic hydroxyl groups is 1. The molecule has 0 spiro atoms. The van der Waals surface area contributed by atoms with Crippen LogP contribution in [0.4, 0.5) is 0 Å². The summed E-state index contributed by atoms with van der Waals surface area (Å²) >= 11 is 1.45. The highest BCUT2D eigenvalue weighted by Crippen LogP contribution is 2.27. The van der Waals surface area contributed by atoms with Crippen LogP contribution in [0.5, 0.6) is 5.75 Å². The van der Waals surface area contributed by atoms with Crippen LogP contribution < -0.4 is 16.0 Å². The van der Waals surface area contributed by atoms with E-state index in [-0.39, 0.29) is 24.3 Å². The molecule has 0 radical (unpaired) electrons. The fourth-order valence-electron chi connectivity index (χ4n) is 4.10. The van der Waals surface area contributed by atoms with Crippen LogP contribution in [-0.4, -0.2) is 36.9 Å². The first-order valence-corrected chi connectivity index (χ1v) is 12.6. The Labute approximate surface area is 211 Å². The zero-order chi connectivity index (χ0) is 25.2. The number of fused-ring (bicyclic) bond motifs is 2. The van der Waals surface area contributed by atoms with Gasteiger partial charge in [0, 0.05) is 18.2 Å². The molecule has 5 aromatic rings. The average Bonchev–Trinajstić information content (AvgIpc) is 3.24. The fraction of sp³-hybridized carbons (Fsp3) is 0.222. The van der Waals surface area contributed by atoms with E-state index in [4.69, 9.17) is 4.74 Å². The normalized spacial score (nSPS) is 12.3. The number of thioether (sulfide) groups is 1. The van der Waals surface area contributed by atoms with Gasteiger partial charge in [0.2, 0.25) is 0 Å². The van der Waals surface area contributed by atoms with Crippen LogP contribution in [0.15, 0.2) is 81.5 Å². The van der Waals surface area contributed by atoms with E-state index in [0.717, 1.165) is 16.3 Å². The number of aryl methyl sites for hydroxylation is 2. The highest BCUT2D eigenvalue weighted by Gasteiger charge is 2.20. The number of H-pyrrole nitrogens is 1. The van der Waals surface area contributed by atoms with Crippen molar-refractivity contribution >= 4 is 33.7 Å². The molecule has 0 bridgehead atoms. The monoisotopic (exact) mass is 502 g/mol. The molecule has 0 saturated carbocycles. The summed E-state index contributed by atoms with van der Waals surface area (Å²) < 4.78 is 8.94. The van der Waals surface area contributed by atoms with E-state index in [9.17, 15) is 14.7 Å². The first kappa shape index (κ1) is 23.9. The minimum Gasteiger partial charge on any atom is -0.490 e. The van der Waals surface area contributed by atoms with Crippen molar-refractivity contribution in [2.24, 2.45) is 7.05 Å². The predicted molar refractivity (Wildman–Crippen MR) is 142 cm³/mol. The average molecular weight is 503 g/mol. The van der Waals surface area contributed by atoms with Gasteiger partial charge in [-0.25, -0.2) is 9.78 Å². The molecule has 184 valence electrons. The predicted octanol–water partition coefficient (Wildman–Crippen LogP) is 3.62. The van der Waals surface area contributed by atoms with Crippen molar-refractivity contribution < 1.29 is 9.84 Å². The number of nitrogens with one attached hydrogen (secondary N) is 1. The number of hydrogen-bond acceptors (Lipinski definition) is 6. The molecule has 0 aliphatic heterocycles. The molecule has 3 aromatic carbocycles. The van der Waals surface area contributed by atoms with Gasteiger partial charge in [-0.1, -0.05) is 78.0 Å². The number of aromatic nitrogens is 4. The SMILES string of the molecule is Cc1ccc(CSc2nc3c(c(=O)[nH]c(=O)n3C)n2CC(O)COc2cccc3ccccc23)cc1. The number of benzene rings is 3. The Morgan fingerprint density at radius 2 is 1.81 bits per heavy atom. The number of ether oxygens (including phenoxy) is 1. The smallest absolute Gasteiger partial charge is 0.329 e. The second kappa shape index (κ2) is 10.0. The van der Waals surface area contributed by atoms with Crippen molar-refractivity contribution in [3.8, 4) is 5.75 Å². The third-order valence-corrected chi connectivity index (χ3v) is 7.08. The lowest BCUT2D eigenvalue weighted by molar-refractivity contribution is 0.0921. The number of aromatic amines is 1. The molecule has 0 fully saturated rings. The lowest BCUT2D eigenvalue weighted by atomic mass is 10.1. The standard InChI is InChI=1S/C27H26N4O4S/c1-17-10-12-18(13-11-17)16-36-27-28-24-23(25(33)29-26(34)30(24)2)31(27)14-20(32)15-35-22-9-5-7-19-6-3-4-8-21(19)22/h3-13,20,32H,14-16H2,1-2H3,(H,29,33,34). The van der Waals surface area contributed by atoms with Crippen LogP contribution in [0.1, 0.15) is 11.1 Å². The Balaban J connectivity index is 1.42. The summed E-state index contributed by atoms with van der Waals surface area (Å²) in [6.07, 6.45) is -0.920. The molecular weight excluding hydrogens is 476 g/mol. The third kappa shape index (κ3) is 4.80.